The molecule has 0 spiro atoms. The molecule has 0 bridgehead atoms. The van der Waals surface area contributed by atoms with Crippen LogP contribution < -0.4 is 16.6 Å². The smallest absolute Gasteiger partial charge is 0.121 e. The van der Waals surface area contributed by atoms with Crippen LogP contribution in [0.1, 0.15) is 6.42 Å². The van der Waals surface area contributed by atoms with Crippen LogP contribution in [0.15, 0.2) is 35.0 Å². The molecule has 11 heavy (non-hydrogen) atoms. The molecule has 4 heteroatoms. The normalized spacial score (nSPS) is 21.5. The van der Waals surface area contributed by atoms with Crippen molar-refractivity contribution in [1.82, 2.24) is 10.9 Å². The van der Waals surface area contributed by atoms with E-state index >= 15 is 0 Å². The number of allylic oxidation sites excluding steroid dienone is 3. The minimum atomic E-state index is 0.285. The molecule has 58 valence electrons. The van der Waals surface area contributed by atoms with E-state index in [-0.39, 0.29) is 5.76 Å². The van der Waals surface area contributed by atoms with Crippen molar-refractivity contribution in [3.63, 3.8) is 0 Å². The van der Waals surface area contributed by atoms with Gasteiger partial charge in [0.2, 0.25) is 0 Å². The zero-order valence-corrected chi connectivity index (χ0v) is 5.89. The van der Waals surface area contributed by atoms with Gasteiger partial charge in [-0.25, -0.2) is 0 Å². The molecule has 0 saturated heterocycles. The zero-order chi connectivity index (χ0) is 7.84. The Kier molecular flexibility index (Phi) is 1.09. The largest absolute Gasteiger partial charge is 0.508 e. The summed E-state index contributed by atoms with van der Waals surface area (Å²) in [5, 5.41) is 9.10. The highest BCUT2D eigenvalue weighted by Crippen LogP contribution is 2.23. The SMILES string of the molecule is NC1=C2CC=C(O)C=C2NN1. The van der Waals surface area contributed by atoms with Gasteiger partial charge in [-0.1, -0.05) is 0 Å². The van der Waals surface area contributed by atoms with Crippen molar-refractivity contribution in [3.05, 3.63) is 35.0 Å². The molecule has 1 heterocycles. The first-order valence-electron chi connectivity index (χ1n) is 3.39. The van der Waals surface area contributed by atoms with Crippen molar-refractivity contribution >= 4 is 0 Å². The van der Waals surface area contributed by atoms with Gasteiger partial charge < -0.3 is 10.8 Å². The van der Waals surface area contributed by atoms with Gasteiger partial charge >= 0.3 is 0 Å². The number of nitrogens with two attached hydrogens (primary N) is 1. The Morgan fingerprint density at radius 1 is 1.45 bits per heavy atom. The Morgan fingerprint density at radius 3 is 3.09 bits per heavy atom. The van der Waals surface area contributed by atoms with Gasteiger partial charge in [0.25, 0.3) is 0 Å². The highest BCUT2D eigenvalue weighted by atomic mass is 16.3. The van der Waals surface area contributed by atoms with Crippen LogP contribution in [0.4, 0.5) is 0 Å². The molecule has 1 aliphatic heterocycles. The van der Waals surface area contributed by atoms with E-state index in [1.54, 1.807) is 12.2 Å². The van der Waals surface area contributed by atoms with Crippen LogP contribution in [-0.4, -0.2) is 5.11 Å². The number of hydrogen-bond acceptors (Lipinski definition) is 4. The van der Waals surface area contributed by atoms with E-state index in [0.29, 0.717) is 12.2 Å². The van der Waals surface area contributed by atoms with Gasteiger partial charge in [-0.15, -0.1) is 0 Å². The summed E-state index contributed by atoms with van der Waals surface area (Å²) in [6, 6.07) is 0. The highest BCUT2D eigenvalue weighted by Gasteiger charge is 2.18. The van der Waals surface area contributed by atoms with Crippen molar-refractivity contribution in [2.24, 2.45) is 5.73 Å². The molecule has 2 rings (SSSR count). The van der Waals surface area contributed by atoms with E-state index in [0.717, 1.165) is 11.3 Å². The molecule has 2 aliphatic rings. The fourth-order valence-corrected chi connectivity index (χ4v) is 1.19. The van der Waals surface area contributed by atoms with Crippen LogP contribution in [0, 0.1) is 0 Å². The molecule has 0 fully saturated rings. The summed E-state index contributed by atoms with van der Waals surface area (Å²) in [4.78, 5) is 0. The van der Waals surface area contributed by atoms with E-state index in [9.17, 15) is 0 Å². The molecule has 0 amide bonds. The highest BCUT2D eigenvalue weighted by molar-refractivity contribution is 5.44. The second kappa shape index (κ2) is 1.95. The average molecular weight is 151 g/mol. The fourth-order valence-electron chi connectivity index (χ4n) is 1.19. The topological polar surface area (TPSA) is 70.3 Å². The minimum absolute atomic E-state index is 0.285. The predicted molar refractivity (Wildman–Crippen MR) is 40.9 cm³/mol. The first-order chi connectivity index (χ1) is 5.27. The van der Waals surface area contributed by atoms with Gasteiger partial charge in [0.15, 0.2) is 0 Å². The molecule has 0 unspecified atom stereocenters. The van der Waals surface area contributed by atoms with Gasteiger partial charge in [0, 0.05) is 11.6 Å². The van der Waals surface area contributed by atoms with Crippen LogP contribution in [0.2, 0.25) is 0 Å². The van der Waals surface area contributed by atoms with Crippen molar-refractivity contribution in [1.29, 1.82) is 0 Å². The number of aliphatic hydroxyl groups excluding tert-OH is 1. The van der Waals surface area contributed by atoms with Gasteiger partial charge in [0.1, 0.15) is 11.6 Å². The van der Waals surface area contributed by atoms with Crippen LogP contribution in [-0.2, 0) is 0 Å². The summed E-state index contributed by atoms with van der Waals surface area (Å²) in [7, 11) is 0. The Morgan fingerprint density at radius 2 is 2.27 bits per heavy atom. The molecule has 5 N–H and O–H groups in total. The van der Waals surface area contributed by atoms with Crippen molar-refractivity contribution in [3.8, 4) is 0 Å². The standard InChI is InChI=1S/C7H9N3O/c8-7-5-2-1-4(11)3-6(5)9-10-7/h1,3,9-11H,2,8H2. The van der Waals surface area contributed by atoms with Gasteiger partial charge in [0.05, 0.1) is 5.70 Å². The lowest BCUT2D eigenvalue weighted by molar-refractivity contribution is 0.427. The van der Waals surface area contributed by atoms with E-state index in [2.05, 4.69) is 10.9 Å². The third-order valence-electron chi connectivity index (χ3n) is 1.79. The molecule has 1 aliphatic carbocycles. The average Bonchev–Trinajstić information content (AvgIpc) is 2.32. The number of nitrogens with one attached hydrogen (secondary N) is 2. The maximum Gasteiger partial charge on any atom is 0.121 e. The van der Waals surface area contributed by atoms with Crippen LogP contribution in [0.25, 0.3) is 0 Å². The quantitative estimate of drug-likeness (QED) is 0.393. The minimum Gasteiger partial charge on any atom is -0.508 e. The zero-order valence-electron chi connectivity index (χ0n) is 5.89. The molecule has 0 aromatic carbocycles. The lowest BCUT2D eigenvalue weighted by Gasteiger charge is -2.07. The summed E-state index contributed by atoms with van der Waals surface area (Å²) >= 11 is 0. The van der Waals surface area contributed by atoms with Crippen molar-refractivity contribution in [2.75, 3.05) is 0 Å². The molecule has 0 atom stereocenters. The van der Waals surface area contributed by atoms with E-state index in [4.69, 9.17) is 10.8 Å². The molecule has 0 aromatic rings. The van der Waals surface area contributed by atoms with Crippen LogP contribution >= 0.6 is 0 Å². The third-order valence-corrected chi connectivity index (χ3v) is 1.79. The Labute approximate surface area is 64.1 Å². The van der Waals surface area contributed by atoms with Gasteiger partial charge in [-0.05, 0) is 12.5 Å². The third kappa shape index (κ3) is 0.832. The van der Waals surface area contributed by atoms with Crippen LogP contribution in [0.3, 0.4) is 0 Å². The number of rotatable bonds is 0. The van der Waals surface area contributed by atoms with E-state index in [1.807, 2.05) is 0 Å². The molecule has 0 radical (unpaired) electrons. The molecular formula is C7H9N3O. The summed E-state index contributed by atoms with van der Waals surface area (Å²) in [6.07, 6.45) is 4.05. The summed E-state index contributed by atoms with van der Waals surface area (Å²) in [5.41, 5.74) is 13.1. The maximum atomic E-state index is 9.10. The second-order valence-electron chi connectivity index (χ2n) is 2.53. The summed E-state index contributed by atoms with van der Waals surface area (Å²) in [5.74, 6) is 0.924. The lowest BCUT2D eigenvalue weighted by Crippen LogP contribution is -2.26. The molecule has 0 saturated carbocycles. The molecule has 4 nitrogen and oxygen atoms in total. The Balaban J connectivity index is 2.40. The number of hydrazine groups is 1. The second-order valence-corrected chi connectivity index (χ2v) is 2.53. The van der Waals surface area contributed by atoms with Crippen LogP contribution in [0.5, 0.6) is 0 Å². The number of hydrogen-bond donors (Lipinski definition) is 4. The van der Waals surface area contributed by atoms with Gasteiger partial charge in [-0.2, -0.15) is 0 Å². The molecular weight excluding hydrogens is 142 g/mol. The fraction of sp³-hybridized carbons (Fsp3) is 0.143. The number of aliphatic hydroxyl groups is 1. The summed E-state index contributed by atoms with van der Waals surface area (Å²) in [6.45, 7) is 0. The van der Waals surface area contributed by atoms with Gasteiger partial charge in [-0.3, -0.25) is 10.9 Å². The van der Waals surface area contributed by atoms with Crippen molar-refractivity contribution < 1.29 is 5.11 Å². The monoisotopic (exact) mass is 151 g/mol. The molecule has 0 aromatic heterocycles. The first kappa shape index (κ1) is 6.15. The first-order valence-corrected chi connectivity index (χ1v) is 3.39. The summed E-state index contributed by atoms with van der Waals surface area (Å²) < 4.78 is 0. The van der Waals surface area contributed by atoms with Crippen molar-refractivity contribution in [2.45, 2.75) is 6.42 Å². The lowest BCUT2D eigenvalue weighted by atomic mass is 10.0. The van der Waals surface area contributed by atoms with E-state index in [1.165, 1.54) is 0 Å². The van der Waals surface area contributed by atoms with E-state index < -0.39 is 0 Å². The number of fused-ring (bicyclic) bond motifs is 1. The predicted octanol–water partition coefficient (Wildman–Crippen LogP) is -0.00600. The Bertz CT molecular complexity index is 288. The Hall–Kier alpha value is -1.58. The maximum absolute atomic E-state index is 9.10.